The van der Waals surface area contributed by atoms with Gasteiger partial charge in [-0.2, -0.15) is 0 Å². The van der Waals surface area contributed by atoms with E-state index in [4.69, 9.17) is 0 Å². The molecule has 2 unspecified atom stereocenters. The molecule has 0 aromatic carbocycles. The minimum atomic E-state index is 0.116. The second-order valence-electron chi connectivity index (χ2n) is 4.71. The summed E-state index contributed by atoms with van der Waals surface area (Å²) in [6.07, 6.45) is 4.01. The highest BCUT2D eigenvalue weighted by atomic mass is 79.9. The number of carbonyl (C=O) groups is 1. The Kier molecular flexibility index (Phi) is 3.38. The van der Waals surface area contributed by atoms with Crippen LogP contribution < -0.4 is 0 Å². The lowest BCUT2D eigenvalue weighted by Crippen LogP contribution is -2.44. The molecule has 0 aliphatic carbocycles. The van der Waals surface area contributed by atoms with Gasteiger partial charge >= 0.3 is 0 Å². The summed E-state index contributed by atoms with van der Waals surface area (Å²) >= 11 is 3.35. The van der Waals surface area contributed by atoms with Crippen LogP contribution in [0.25, 0.3) is 0 Å². The molecule has 2 heterocycles. The molecule has 1 amide bonds. The van der Waals surface area contributed by atoms with Crippen LogP contribution in [0.5, 0.6) is 0 Å². The molecular weight excluding hydrogens is 268 g/mol. The molecule has 1 saturated heterocycles. The molecule has 4 heteroatoms. The second kappa shape index (κ2) is 4.62. The summed E-state index contributed by atoms with van der Waals surface area (Å²) in [4.78, 5) is 17.2. The Labute approximate surface area is 104 Å². The average Bonchev–Trinajstić information content (AvgIpc) is 2.64. The Morgan fingerprint density at radius 2 is 2.31 bits per heavy atom. The quantitative estimate of drug-likeness (QED) is 0.846. The van der Waals surface area contributed by atoms with Crippen LogP contribution in [0.15, 0.2) is 16.7 Å². The SMILES string of the molecule is CC1CCN(C(=O)c2cc(Br)c[nH]2)C(C)C1. The van der Waals surface area contributed by atoms with Gasteiger partial charge in [0.15, 0.2) is 0 Å². The van der Waals surface area contributed by atoms with Crippen molar-refractivity contribution in [2.75, 3.05) is 6.54 Å². The first-order valence-corrected chi connectivity index (χ1v) is 6.52. The van der Waals surface area contributed by atoms with Crippen LogP contribution in [-0.4, -0.2) is 28.4 Å². The lowest BCUT2D eigenvalue weighted by Gasteiger charge is -2.36. The molecule has 1 aliphatic heterocycles. The lowest BCUT2D eigenvalue weighted by molar-refractivity contribution is 0.0583. The molecule has 2 rings (SSSR count). The van der Waals surface area contributed by atoms with Crippen LogP contribution in [0.3, 0.4) is 0 Å². The maximum absolute atomic E-state index is 12.2. The number of hydrogen-bond donors (Lipinski definition) is 1. The molecule has 2 atom stereocenters. The fourth-order valence-electron chi connectivity index (χ4n) is 2.36. The molecule has 0 spiro atoms. The predicted octanol–water partition coefficient (Wildman–Crippen LogP) is 3.04. The van der Waals surface area contributed by atoms with Crippen molar-refractivity contribution in [2.45, 2.75) is 32.7 Å². The van der Waals surface area contributed by atoms with Crippen molar-refractivity contribution < 1.29 is 4.79 Å². The summed E-state index contributed by atoms with van der Waals surface area (Å²) in [6, 6.07) is 2.19. The molecule has 1 aromatic heterocycles. The zero-order chi connectivity index (χ0) is 11.7. The van der Waals surface area contributed by atoms with Crippen LogP contribution in [-0.2, 0) is 0 Å². The summed E-state index contributed by atoms with van der Waals surface area (Å²) in [7, 11) is 0. The Balaban J connectivity index is 2.10. The number of aromatic amines is 1. The number of likely N-dealkylation sites (tertiary alicyclic amines) is 1. The summed E-state index contributed by atoms with van der Waals surface area (Å²) in [5.41, 5.74) is 0.674. The van der Waals surface area contributed by atoms with Gasteiger partial charge in [0.2, 0.25) is 0 Å². The van der Waals surface area contributed by atoms with E-state index >= 15 is 0 Å². The van der Waals surface area contributed by atoms with Gasteiger partial charge in [0, 0.05) is 23.3 Å². The van der Waals surface area contributed by atoms with Gasteiger partial charge in [-0.1, -0.05) is 6.92 Å². The number of aromatic nitrogens is 1. The minimum Gasteiger partial charge on any atom is -0.356 e. The van der Waals surface area contributed by atoms with E-state index in [1.165, 1.54) is 0 Å². The van der Waals surface area contributed by atoms with Crippen molar-refractivity contribution >= 4 is 21.8 Å². The normalized spacial score (nSPS) is 25.8. The molecule has 1 fully saturated rings. The van der Waals surface area contributed by atoms with Crippen molar-refractivity contribution in [1.82, 2.24) is 9.88 Å². The van der Waals surface area contributed by atoms with Crippen molar-refractivity contribution in [3.05, 3.63) is 22.4 Å². The Morgan fingerprint density at radius 1 is 1.56 bits per heavy atom. The Bertz CT molecular complexity index is 388. The van der Waals surface area contributed by atoms with Gasteiger partial charge in [-0.25, -0.2) is 0 Å². The number of H-pyrrole nitrogens is 1. The molecule has 0 bridgehead atoms. The number of rotatable bonds is 1. The molecule has 16 heavy (non-hydrogen) atoms. The standard InChI is InChI=1S/C12H17BrN2O/c1-8-3-4-15(9(2)5-8)12(16)11-6-10(13)7-14-11/h6-9,14H,3-5H2,1-2H3. The monoisotopic (exact) mass is 284 g/mol. The van der Waals surface area contributed by atoms with Crippen molar-refractivity contribution in [2.24, 2.45) is 5.92 Å². The van der Waals surface area contributed by atoms with E-state index in [2.05, 4.69) is 34.8 Å². The minimum absolute atomic E-state index is 0.116. The van der Waals surface area contributed by atoms with Crippen molar-refractivity contribution in [3.63, 3.8) is 0 Å². The van der Waals surface area contributed by atoms with E-state index in [1.807, 2.05) is 11.0 Å². The highest BCUT2D eigenvalue weighted by molar-refractivity contribution is 9.10. The summed E-state index contributed by atoms with van der Waals surface area (Å²) in [6.45, 7) is 5.26. The number of carbonyl (C=O) groups excluding carboxylic acids is 1. The van der Waals surface area contributed by atoms with Gasteiger partial charge in [0.1, 0.15) is 5.69 Å². The summed E-state index contributed by atoms with van der Waals surface area (Å²) in [5, 5.41) is 0. The van der Waals surface area contributed by atoms with Crippen LogP contribution in [0.1, 0.15) is 37.2 Å². The first-order valence-electron chi connectivity index (χ1n) is 5.73. The van der Waals surface area contributed by atoms with Gasteiger partial charge < -0.3 is 9.88 Å². The zero-order valence-corrected chi connectivity index (χ0v) is 11.3. The maximum Gasteiger partial charge on any atom is 0.270 e. The largest absolute Gasteiger partial charge is 0.356 e. The number of hydrogen-bond acceptors (Lipinski definition) is 1. The van der Waals surface area contributed by atoms with Gasteiger partial charge in [-0.3, -0.25) is 4.79 Å². The van der Waals surface area contributed by atoms with Gasteiger partial charge in [0.25, 0.3) is 5.91 Å². The molecule has 3 nitrogen and oxygen atoms in total. The average molecular weight is 285 g/mol. The number of halogens is 1. The highest BCUT2D eigenvalue weighted by Gasteiger charge is 2.27. The van der Waals surface area contributed by atoms with E-state index in [0.29, 0.717) is 11.7 Å². The fourth-order valence-corrected chi connectivity index (χ4v) is 2.70. The van der Waals surface area contributed by atoms with Gasteiger partial charge in [-0.05, 0) is 47.7 Å². The van der Waals surface area contributed by atoms with Crippen LogP contribution in [0.4, 0.5) is 0 Å². The van der Waals surface area contributed by atoms with E-state index in [9.17, 15) is 4.79 Å². The predicted molar refractivity (Wildman–Crippen MR) is 67.4 cm³/mol. The molecular formula is C12H17BrN2O. The first-order chi connectivity index (χ1) is 7.58. The third-order valence-electron chi connectivity index (χ3n) is 3.28. The Hall–Kier alpha value is -0.770. The smallest absolute Gasteiger partial charge is 0.270 e. The van der Waals surface area contributed by atoms with Crippen molar-refractivity contribution in [3.8, 4) is 0 Å². The number of nitrogens with one attached hydrogen (secondary N) is 1. The van der Waals surface area contributed by atoms with Crippen molar-refractivity contribution in [1.29, 1.82) is 0 Å². The first kappa shape index (κ1) is 11.7. The third-order valence-corrected chi connectivity index (χ3v) is 3.74. The van der Waals surface area contributed by atoms with Gasteiger partial charge in [-0.15, -0.1) is 0 Å². The lowest BCUT2D eigenvalue weighted by atomic mass is 9.93. The summed E-state index contributed by atoms with van der Waals surface area (Å²) < 4.78 is 0.925. The number of amides is 1. The molecule has 1 N–H and O–H groups in total. The summed E-state index contributed by atoms with van der Waals surface area (Å²) in [5.74, 6) is 0.847. The zero-order valence-electron chi connectivity index (χ0n) is 9.66. The topological polar surface area (TPSA) is 36.1 Å². The van der Waals surface area contributed by atoms with Gasteiger partial charge in [0.05, 0.1) is 0 Å². The third kappa shape index (κ3) is 2.32. The second-order valence-corrected chi connectivity index (χ2v) is 5.62. The van der Waals surface area contributed by atoms with E-state index in [1.54, 1.807) is 6.20 Å². The number of nitrogens with zero attached hydrogens (tertiary/aromatic N) is 1. The fraction of sp³-hybridized carbons (Fsp3) is 0.583. The highest BCUT2D eigenvalue weighted by Crippen LogP contribution is 2.24. The molecule has 0 saturated carbocycles. The maximum atomic E-state index is 12.2. The molecule has 1 aromatic rings. The molecule has 0 radical (unpaired) electrons. The Morgan fingerprint density at radius 3 is 2.88 bits per heavy atom. The van der Waals surface area contributed by atoms with Crippen LogP contribution >= 0.6 is 15.9 Å². The van der Waals surface area contributed by atoms with E-state index in [0.717, 1.165) is 29.8 Å². The number of piperidine rings is 1. The molecule has 1 aliphatic rings. The van der Waals surface area contributed by atoms with E-state index in [-0.39, 0.29) is 5.91 Å². The van der Waals surface area contributed by atoms with Crippen LogP contribution in [0, 0.1) is 5.92 Å². The molecule has 88 valence electrons. The van der Waals surface area contributed by atoms with E-state index < -0.39 is 0 Å². The van der Waals surface area contributed by atoms with Crippen LogP contribution in [0.2, 0.25) is 0 Å².